The van der Waals surface area contributed by atoms with Gasteiger partial charge in [0, 0.05) is 0 Å². The van der Waals surface area contributed by atoms with Gasteiger partial charge in [-0.05, 0) is 36.6 Å². The van der Waals surface area contributed by atoms with E-state index in [0.717, 1.165) is 16.7 Å². The molecule has 0 aliphatic carbocycles. The van der Waals surface area contributed by atoms with E-state index in [1.165, 1.54) is 6.20 Å². The lowest BCUT2D eigenvalue weighted by Gasteiger charge is -2.11. The van der Waals surface area contributed by atoms with E-state index in [-0.39, 0.29) is 11.6 Å². The van der Waals surface area contributed by atoms with Crippen molar-refractivity contribution >= 4 is 17.5 Å². The lowest BCUT2D eigenvalue weighted by Crippen LogP contribution is -1.92. The van der Waals surface area contributed by atoms with E-state index < -0.39 is 0 Å². The zero-order chi connectivity index (χ0) is 11.9. The summed E-state index contributed by atoms with van der Waals surface area (Å²) >= 11 is 5.98. The summed E-state index contributed by atoms with van der Waals surface area (Å²) in [7, 11) is 0. The standard InChI is InChI=1S/C11H11ClN2O2/c1-5-3-8(15)10(12)6(2)9(5)7-4-14-16-11(7)13/h3-4,15H,13H2,1-2H3. The number of rotatable bonds is 1. The van der Waals surface area contributed by atoms with E-state index in [2.05, 4.69) is 5.16 Å². The molecule has 0 atom stereocenters. The van der Waals surface area contributed by atoms with Crippen molar-refractivity contribution in [1.82, 2.24) is 5.16 Å². The first-order chi connectivity index (χ1) is 7.52. The van der Waals surface area contributed by atoms with Crippen molar-refractivity contribution < 1.29 is 9.63 Å². The molecule has 0 radical (unpaired) electrons. The van der Waals surface area contributed by atoms with Gasteiger partial charge >= 0.3 is 0 Å². The van der Waals surface area contributed by atoms with E-state index in [1.807, 2.05) is 13.8 Å². The van der Waals surface area contributed by atoms with Crippen LogP contribution in [0.5, 0.6) is 5.75 Å². The Hall–Kier alpha value is -1.68. The number of aryl methyl sites for hydroxylation is 1. The third-order valence-electron chi connectivity index (χ3n) is 2.54. The van der Waals surface area contributed by atoms with Crippen LogP contribution in [0.4, 0.5) is 5.88 Å². The van der Waals surface area contributed by atoms with E-state index in [4.69, 9.17) is 21.9 Å². The van der Waals surface area contributed by atoms with Crippen molar-refractivity contribution in [3.63, 3.8) is 0 Å². The van der Waals surface area contributed by atoms with Crippen molar-refractivity contribution in [2.45, 2.75) is 13.8 Å². The minimum Gasteiger partial charge on any atom is -0.506 e. The highest BCUT2D eigenvalue weighted by Gasteiger charge is 2.16. The number of hydrogen-bond donors (Lipinski definition) is 2. The lowest BCUT2D eigenvalue weighted by atomic mass is 9.97. The quantitative estimate of drug-likeness (QED) is 0.801. The Bertz CT molecular complexity index is 549. The zero-order valence-electron chi connectivity index (χ0n) is 8.91. The van der Waals surface area contributed by atoms with Crippen LogP contribution in [0.1, 0.15) is 11.1 Å². The van der Waals surface area contributed by atoms with Gasteiger partial charge in [-0.2, -0.15) is 0 Å². The summed E-state index contributed by atoms with van der Waals surface area (Å²) in [6, 6.07) is 1.59. The smallest absolute Gasteiger partial charge is 0.229 e. The molecule has 0 aliphatic heterocycles. The van der Waals surface area contributed by atoms with Crippen LogP contribution in [-0.2, 0) is 0 Å². The lowest BCUT2D eigenvalue weighted by molar-refractivity contribution is 0.436. The molecule has 0 spiro atoms. The van der Waals surface area contributed by atoms with Gasteiger partial charge in [-0.1, -0.05) is 16.8 Å². The normalized spacial score (nSPS) is 10.7. The molecule has 3 N–H and O–H groups in total. The third-order valence-corrected chi connectivity index (χ3v) is 3.02. The second-order valence-electron chi connectivity index (χ2n) is 3.63. The molecule has 0 amide bonds. The molecule has 0 bridgehead atoms. The molecule has 2 rings (SSSR count). The third kappa shape index (κ3) is 1.51. The Morgan fingerprint density at radius 3 is 2.69 bits per heavy atom. The van der Waals surface area contributed by atoms with Crippen molar-refractivity contribution in [1.29, 1.82) is 0 Å². The first-order valence-electron chi connectivity index (χ1n) is 4.71. The number of halogens is 1. The predicted molar refractivity (Wildman–Crippen MR) is 62.5 cm³/mol. The zero-order valence-corrected chi connectivity index (χ0v) is 9.67. The van der Waals surface area contributed by atoms with Crippen LogP contribution in [0, 0.1) is 13.8 Å². The van der Waals surface area contributed by atoms with Crippen LogP contribution >= 0.6 is 11.6 Å². The molecule has 1 aromatic carbocycles. The predicted octanol–water partition coefficient (Wildman–Crippen LogP) is 2.90. The van der Waals surface area contributed by atoms with Crippen molar-refractivity contribution in [2.75, 3.05) is 5.73 Å². The first-order valence-corrected chi connectivity index (χ1v) is 5.09. The molecule has 2 aromatic rings. The summed E-state index contributed by atoms with van der Waals surface area (Å²) in [5.74, 6) is 0.309. The highest BCUT2D eigenvalue weighted by molar-refractivity contribution is 6.33. The highest BCUT2D eigenvalue weighted by Crippen LogP contribution is 2.39. The van der Waals surface area contributed by atoms with Crippen molar-refractivity contribution in [3.8, 4) is 16.9 Å². The average molecular weight is 239 g/mol. The number of aromatic nitrogens is 1. The number of aromatic hydroxyl groups is 1. The van der Waals surface area contributed by atoms with Gasteiger partial charge in [0.05, 0.1) is 16.8 Å². The summed E-state index contributed by atoms with van der Waals surface area (Å²) in [5.41, 5.74) is 8.83. The maximum atomic E-state index is 9.57. The second-order valence-corrected chi connectivity index (χ2v) is 4.01. The number of nitrogens with zero attached hydrogens (tertiary/aromatic N) is 1. The van der Waals surface area contributed by atoms with Gasteiger partial charge in [0.2, 0.25) is 5.88 Å². The Kier molecular flexibility index (Phi) is 2.52. The molecule has 5 heteroatoms. The molecule has 0 unspecified atom stereocenters. The van der Waals surface area contributed by atoms with Gasteiger partial charge in [0.1, 0.15) is 5.75 Å². The highest BCUT2D eigenvalue weighted by atomic mass is 35.5. The molecule has 4 nitrogen and oxygen atoms in total. The van der Waals surface area contributed by atoms with Gasteiger partial charge < -0.3 is 15.4 Å². The van der Waals surface area contributed by atoms with Crippen molar-refractivity contribution in [3.05, 3.63) is 28.4 Å². The Balaban J connectivity index is 2.76. The van der Waals surface area contributed by atoms with E-state index in [0.29, 0.717) is 10.6 Å². The topological polar surface area (TPSA) is 72.3 Å². The second kappa shape index (κ2) is 3.72. The van der Waals surface area contributed by atoms with E-state index >= 15 is 0 Å². The van der Waals surface area contributed by atoms with Crippen LogP contribution in [0.15, 0.2) is 16.8 Å². The summed E-state index contributed by atoms with van der Waals surface area (Å²) in [6.45, 7) is 3.68. The van der Waals surface area contributed by atoms with Gasteiger partial charge in [0.15, 0.2) is 0 Å². The van der Waals surface area contributed by atoms with Crippen LogP contribution in [-0.4, -0.2) is 10.3 Å². The number of nitrogens with two attached hydrogens (primary N) is 1. The van der Waals surface area contributed by atoms with Crippen LogP contribution in [0.3, 0.4) is 0 Å². The molecule has 0 saturated heterocycles. The number of benzene rings is 1. The molecule has 16 heavy (non-hydrogen) atoms. The summed E-state index contributed by atoms with van der Waals surface area (Å²) in [4.78, 5) is 0. The van der Waals surface area contributed by atoms with Gasteiger partial charge in [-0.3, -0.25) is 0 Å². The Morgan fingerprint density at radius 2 is 2.12 bits per heavy atom. The van der Waals surface area contributed by atoms with E-state index in [9.17, 15) is 5.11 Å². The van der Waals surface area contributed by atoms with Crippen LogP contribution in [0.2, 0.25) is 5.02 Å². The fourth-order valence-electron chi connectivity index (χ4n) is 1.79. The number of phenols is 1. The number of nitrogen functional groups attached to an aromatic ring is 1. The molecule has 0 fully saturated rings. The molecule has 1 heterocycles. The van der Waals surface area contributed by atoms with Crippen molar-refractivity contribution in [2.24, 2.45) is 0 Å². The largest absolute Gasteiger partial charge is 0.506 e. The summed E-state index contributed by atoms with van der Waals surface area (Å²) in [6.07, 6.45) is 1.54. The number of anilines is 1. The van der Waals surface area contributed by atoms with Crippen LogP contribution < -0.4 is 5.73 Å². The molecular formula is C11H11ClN2O2. The molecule has 1 aromatic heterocycles. The fourth-order valence-corrected chi connectivity index (χ4v) is 1.94. The summed E-state index contributed by atoms with van der Waals surface area (Å²) < 4.78 is 4.82. The SMILES string of the molecule is Cc1cc(O)c(Cl)c(C)c1-c1cnoc1N. The maximum Gasteiger partial charge on any atom is 0.229 e. The van der Waals surface area contributed by atoms with Gasteiger partial charge in [-0.25, -0.2) is 0 Å². The molecular weight excluding hydrogens is 228 g/mol. The van der Waals surface area contributed by atoms with Gasteiger partial charge in [0.25, 0.3) is 0 Å². The Morgan fingerprint density at radius 1 is 1.44 bits per heavy atom. The first kappa shape index (κ1) is 10.8. The number of hydrogen-bond acceptors (Lipinski definition) is 4. The average Bonchev–Trinajstić information content (AvgIpc) is 2.62. The minimum absolute atomic E-state index is 0.0652. The Labute approximate surface area is 97.6 Å². The fraction of sp³-hybridized carbons (Fsp3) is 0.182. The molecule has 0 saturated carbocycles. The summed E-state index contributed by atoms with van der Waals surface area (Å²) in [5, 5.41) is 13.5. The van der Waals surface area contributed by atoms with Gasteiger partial charge in [-0.15, -0.1) is 0 Å². The monoisotopic (exact) mass is 238 g/mol. The van der Waals surface area contributed by atoms with Crippen LogP contribution in [0.25, 0.3) is 11.1 Å². The molecule has 84 valence electrons. The maximum absolute atomic E-state index is 9.57. The number of phenolic OH excluding ortho intramolecular Hbond substituents is 1. The van der Waals surface area contributed by atoms with E-state index in [1.54, 1.807) is 6.07 Å². The molecule has 0 aliphatic rings. The minimum atomic E-state index is 0.0652.